The number of amides is 1. The Balaban J connectivity index is 1.56. The molecule has 0 aromatic heterocycles. The first-order chi connectivity index (χ1) is 10.1. The van der Waals surface area contributed by atoms with Crippen LogP contribution >= 0.6 is 0 Å². The summed E-state index contributed by atoms with van der Waals surface area (Å²) in [6.45, 7) is 5.00. The molecule has 0 spiro atoms. The molecule has 4 nitrogen and oxygen atoms in total. The number of aliphatic hydroxyl groups excluding tert-OH is 1. The van der Waals surface area contributed by atoms with E-state index in [0.717, 1.165) is 44.6 Å². The largest absolute Gasteiger partial charge is 0.393 e. The molecule has 0 saturated carbocycles. The predicted molar refractivity (Wildman–Crippen MR) is 83.3 cm³/mol. The van der Waals surface area contributed by atoms with Gasteiger partial charge in [0.2, 0.25) is 5.91 Å². The fourth-order valence-electron chi connectivity index (χ4n) is 3.47. The first-order valence-corrected chi connectivity index (χ1v) is 7.94. The molecule has 1 saturated heterocycles. The summed E-state index contributed by atoms with van der Waals surface area (Å²) in [6.07, 6.45) is 2.71. The van der Waals surface area contributed by atoms with E-state index >= 15 is 0 Å². The number of carbonyl (C=O) groups excluding carboxylic acids is 1. The number of carbonyl (C=O) groups is 1. The molecule has 2 aliphatic rings. The summed E-state index contributed by atoms with van der Waals surface area (Å²) >= 11 is 0. The van der Waals surface area contributed by atoms with Crippen molar-refractivity contribution in [3.8, 4) is 0 Å². The standard InChI is InChI=1S/C17H24N2O2/c1-13(20)14-6-9-18(10-7-14)12-17(21)19-11-8-15-4-2-3-5-16(15)19/h2-5,13-14,20H,6-12H2,1H3. The summed E-state index contributed by atoms with van der Waals surface area (Å²) in [5.74, 6) is 0.597. The SMILES string of the molecule is CC(O)C1CCN(CC(=O)N2CCc3ccccc32)CC1. The van der Waals surface area contributed by atoms with Crippen LogP contribution in [0.4, 0.5) is 5.69 Å². The molecule has 1 amide bonds. The molecule has 0 aliphatic carbocycles. The Bertz CT molecular complexity index is 507. The van der Waals surface area contributed by atoms with Gasteiger partial charge >= 0.3 is 0 Å². The van der Waals surface area contributed by atoms with Gasteiger partial charge in [-0.25, -0.2) is 0 Å². The van der Waals surface area contributed by atoms with E-state index in [4.69, 9.17) is 0 Å². The van der Waals surface area contributed by atoms with E-state index < -0.39 is 0 Å². The summed E-state index contributed by atoms with van der Waals surface area (Å²) in [5.41, 5.74) is 2.36. The lowest BCUT2D eigenvalue weighted by molar-refractivity contribution is -0.120. The second kappa shape index (κ2) is 6.16. The van der Waals surface area contributed by atoms with Crippen LogP contribution in [0, 0.1) is 5.92 Å². The molecule has 1 fully saturated rings. The molecule has 1 N–H and O–H groups in total. The van der Waals surface area contributed by atoms with Gasteiger partial charge in [0.05, 0.1) is 12.6 Å². The molecular weight excluding hydrogens is 264 g/mol. The van der Waals surface area contributed by atoms with Crippen LogP contribution in [0.25, 0.3) is 0 Å². The Labute approximate surface area is 126 Å². The number of hydrogen-bond acceptors (Lipinski definition) is 3. The highest BCUT2D eigenvalue weighted by Crippen LogP contribution is 2.28. The van der Waals surface area contributed by atoms with Gasteiger partial charge in [-0.2, -0.15) is 0 Å². The van der Waals surface area contributed by atoms with Crippen LogP contribution in [0.2, 0.25) is 0 Å². The molecule has 1 aromatic rings. The number of piperidine rings is 1. The van der Waals surface area contributed by atoms with E-state index in [0.29, 0.717) is 12.5 Å². The Morgan fingerprint density at radius 1 is 1.29 bits per heavy atom. The van der Waals surface area contributed by atoms with Crippen molar-refractivity contribution in [3.63, 3.8) is 0 Å². The fraction of sp³-hybridized carbons (Fsp3) is 0.588. The third-order valence-electron chi connectivity index (χ3n) is 4.86. The van der Waals surface area contributed by atoms with E-state index in [1.165, 1.54) is 5.56 Å². The van der Waals surface area contributed by atoms with Crippen molar-refractivity contribution in [1.29, 1.82) is 0 Å². The van der Waals surface area contributed by atoms with Crippen LogP contribution in [-0.4, -0.2) is 48.2 Å². The van der Waals surface area contributed by atoms with Crippen LogP contribution in [0.5, 0.6) is 0 Å². The molecule has 2 heterocycles. The van der Waals surface area contributed by atoms with Crippen LogP contribution in [0.3, 0.4) is 0 Å². The molecule has 114 valence electrons. The van der Waals surface area contributed by atoms with E-state index in [-0.39, 0.29) is 12.0 Å². The molecular formula is C17H24N2O2. The van der Waals surface area contributed by atoms with Gasteiger partial charge in [-0.3, -0.25) is 9.69 Å². The highest BCUT2D eigenvalue weighted by atomic mass is 16.3. The van der Waals surface area contributed by atoms with Crippen molar-refractivity contribution in [1.82, 2.24) is 4.90 Å². The van der Waals surface area contributed by atoms with Crippen LogP contribution in [0.1, 0.15) is 25.3 Å². The van der Waals surface area contributed by atoms with Gasteiger partial charge in [0, 0.05) is 12.2 Å². The van der Waals surface area contributed by atoms with Crippen LogP contribution < -0.4 is 4.90 Å². The number of para-hydroxylation sites is 1. The maximum Gasteiger partial charge on any atom is 0.241 e. The van der Waals surface area contributed by atoms with E-state index in [1.807, 2.05) is 30.0 Å². The number of rotatable bonds is 3. The molecule has 0 radical (unpaired) electrons. The second-order valence-corrected chi connectivity index (χ2v) is 6.28. The molecule has 0 bridgehead atoms. The predicted octanol–water partition coefficient (Wildman–Crippen LogP) is 1.67. The van der Waals surface area contributed by atoms with Crippen LogP contribution in [0.15, 0.2) is 24.3 Å². The molecule has 1 unspecified atom stereocenters. The van der Waals surface area contributed by atoms with Gasteiger partial charge in [-0.05, 0) is 56.8 Å². The summed E-state index contributed by atoms with van der Waals surface area (Å²) < 4.78 is 0. The van der Waals surface area contributed by atoms with Gasteiger partial charge < -0.3 is 10.0 Å². The number of benzene rings is 1. The lowest BCUT2D eigenvalue weighted by Gasteiger charge is -2.33. The lowest BCUT2D eigenvalue weighted by Crippen LogP contribution is -2.44. The zero-order chi connectivity index (χ0) is 14.8. The topological polar surface area (TPSA) is 43.8 Å². The third-order valence-corrected chi connectivity index (χ3v) is 4.86. The van der Waals surface area contributed by atoms with Gasteiger partial charge in [-0.15, -0.1) is 0 Å². The first kappa shape index (κ1) is 14.5. The smallest absolute Gasteiger partial charge is 0.241 e. The average molecular weight is 288 g/mol. The van der Waals surface area contributed by atoms with E-state index in [1.54, 1.807) is 0 Å². The van der Waals surface area contributed by atoms with Gasteiger partial charge in [-0.1, -0.05) is 18.2 Å². The van der Waals surface area contributed by atoms with Crippen molar-refractivity contribution < 1.29 is 9.90 Å². The lowest BCUT2D eigenvalue weighted by atomic mass is 9.92. The zero-order valence-corrected chi connectivity index (χ0v) is 12.7. The molecule has 21 heavy (non-hydrogen) atoms. The van der Waals surface area contributed by atoms with Crippen molar-refractivity contribution in [3.05, 3.63) is 29.8 Å². The summed E-state index contributed by atoms with van der Waals surface area (Å²) in [7, 11) is 0. The van der Waals surface area contributed by atoms with Gasteiger partial charge in [0.15, 0.2) is 0 Å². The second-order valence-electron chi connectivity index (χ2n) is 6.28. The summed E-state index contributed by atoms with van der Waals surface area (Å²) in [6, 6.07) is 8.18. The van der Waals surface area contributed by atoms with Crippen molar-refractivity contribution in [2.75, 3.05) is 31.1 Å². The normalized spacial score (nSPS) is 21.3. The van der Waals surface area contributed by atoms with Gasteiger partial charge in [0.25, 0.3) is 0 Å². The highest BCUT2D eigenvalue weighted by molar-refractivity contribution is 5.96. The van der Waals surface area contributed by atoms with E-state index in [9.17, 15) is 9.90 Å². The maximum absolute atomic E-state index is 12.5. The Morgan fingerprint density at radius 3 is 2.71 bits per heavy atom. The number of nitrogens with zero attached hydrogens (tertiary/aromatic N) is 2. The molecule has 1 atom stereocenters. The van der Waals surface area contributed by atoms with E-state index in [2.05, 4.69) is 11.0 Å². The zero-order valence-electron chi connectivity index (χ0n) is 12.7. The number of likely N-dealkylation sites (tertiary alicyclic amines) is 1. The van der Waals surface area contributed by atoms with Gasteiger partial charge in [0.1, 0.15) is 0 Å². The molecule has 4 heteroatoms. The monoisotopic (exact) mass is 288 g/mol. The Kier molecular flexibility index (Phi) is 4.27. The van der Waals surface area contributed by atoms with Crippen LogP contribution in [-0.2, 0) is 11.2 Å². The number of hydrogen-bond donors (Lipinski definition) is 1. The fourth-order valence-corrected chi connectivity index (χ4v) is 3.47. The number of anilines is 1. The summed E-state index contributed by atoms with van der Waals surface area (Å²) in [4.78, 5) is 16.7. The third kappa shape index (κ3) is 3.11. The maximum atomic E-state index is 12.5. The average Bonchev–Trinajstić information content (AvgIpc) is 2.92. The van der Waals surface area contributed by atoms with Crippen molar-refractivity contribution in [2.45, 2.75) is 32.3 Å². The minimum atomic E-state index is -0.228. The highest BCUT2D eigenvalue weighted by Gasteiger charge is 2.28. The van der Waals surface area contributed by atoms with Crippen molar-refractivity contribution >= 4 is 11.6 Å². The minimum absolute atomic E-state index is 0.204. The van der Waals surface area contributed by atoms with Crippen molar-refractivity contribution in [2.24, 2.45) is 5.92 Å². The first-order valence-electron chi connectivity index (χ1n) is 7.94. The minimum Gasteiger partial charge on any atom is -0.393 e. The summed E-state index contributed by atoms with van der Waals surface area (Å²) in [5, 5.41) is 9.63. The number of aliphatic hydroxyl groups is 1. The molecule has 1 aromatic carbocycles. The number of fused-ring (bicyclic) bond motifs is 1. The Hall–Kier alpha value is -1.39. The quantitative estimate of drug-likeness (QED) is 0.920. The Morgan fingerprint density at radius 2 is 2.00 bits per heavy atom. The molecule has 2 aliphatic heterocycles. The molecule has 3 rings (SSSR count).